The normalized spacial score (nSPS) is 22.3. The van der Waals surface area contributed by atoms with Crippen LogP contribution < -0.4 is 5.32 Å². The predicted octanol–water partition coefficient (Wildman–Crippen LogP) is 0.212. The molecule has 20 heavy (non-hydrogen) atoms. The Labute approximate surface area is 119 Å². The average Bonchev–Trinajstić information content (AvgIpc) is 2.88. The van der Waals surface area contributed by atoms with Crippen molar-refractivity contribution in [1.82, 2.24) is 15.1 Å². The second-order valence-electron chi connectivity index (χ2n) is 4.86. The van der Waals surface area contributed by atoms with Gasteiger partial charge in [0, 0.05) is 33.2 Å². The lowest BCUT2D eigenvalue weighted by Crippen LogP contribution is -2.47. The van der Waals surface area contributed by atoms with Crippen molar-refractivity contribution in [3.8, 4) is 0 Å². The maximum Gasteiger partial charge on any atom is 0.326 e. The molecule has 116 valence electrons. The van der Waals surface area contributed by atoms with Crippen molar-refractivity contribution in [1.29, 1.82) is 0 Å². The van der Waals surface area contributed by atoms with E-state index in [1.54, 1.807) is 0 Å². The summed E-state index contributed by atoms with van der Waals surface area (Å²) in [5, 5.41) is 11.9. The number of carbonyl (C=O) groups is 2. The van der Waals surface area contributed by atoms with Crippen LogP contribution >= 0.6 is 0 Å². The Bertz CT molecular complexity index is 334. The van der Waals surface area contributed by atoms with Gasteiger partial charge in [0.15, 0.2) is 0 Å². The van der Waals surface area contributed by atoms with Gasteiger partial charge < -0.3 is 25.0 Å². The zero-order valence-electron chi connectivity index (χ0n) is 12.5. The van der Waals surface area contributed by atoms with E-state index in [0.29, 0.717) is 19.5 Å². The highest BCUT2D eigenvalue weighted by Gasteiger charge is 2.39. The molecule has 0 radical (unpaired) electrons. The Kier molecular flexibility index (Phi) is 6.74. The Morgan fingerprint density at radius 1 is 1.40 bits per heavy atom. The quantitative estimate of drug-likeness (QED) is 0.699. The maximum absolute atomic E-state index is 12.1. The maximum atomic E-state index is 12.1. The third-order valence-electron chi connectivity index (χ3n) is 3.74. The van der Waals surface area contributed by atoms with E-state index in [1.807, 2.05) is 0 Å². The van der Waals surface area contributed by atoms with Crippen LogP contribution in [0.25, 0.3) is 0 Å². The van der Waals surface area contributed by atoms with Gasteiger partial charge in [-0.2, -0.15) is 0 Å². The monoisotopic (exact) mass is 287 g/mol. The molecule has 0 aliphatic carbocycles. The molecule has 7 heteroatoms. The zero-order valence-corrected chi connectivity index (χ0v) is 12.5. The molecule has 1 aliphatic heterocycles. The minimum absolute atomic E-state index is 0.204. The van der Waals surface area contributed by atoms with Crippen molar-refractivity contribution in [2.75, 3.05) is 39.8 Å². The first-order valence-corrected chi connectivity index (χ1v) is 7.05. The number of ether oxygens (including phenoxy) is 1. The fraction of sp³-hybridized carbons (Fsp3) is 0.846. The number of hydrogen-bond acceptors (Lipinski definition) is 4. The highest BCUT2D eigenvalue weighted by atomic mass is 16.5. The van der Waals surface area contributed by atoms with E-state index in [-0.39, 0.29) is 12.1 Å². The van der Waals surface area contributed by atoms with E-state index in [4.69, 9.17) is 9.84 Å². The minimum Gasteiger partial charge on any atom is -0.480 e. The van der Waals surface area contributed by atoms with Crippen LogP contribution in [0.4, 0.5) is 4.79 Å². The van der Waals surface area contributed by atoms with Gasteiger partial charge in [0.2, 0.25) is 0 Å². The standard InChI is InChI=1S/C13H25N3O4/c1-4-15(5-2)7-6-14-13(19)16-9-10(20-3)8-11(16)12(17)18/h10-11H,4-9H2,1-3H3,(H,14,19)(H,17,18). The molecule has 2 atom stereocenters. The van der Waals surface area contributed by atoms with E-state index < -0.39 is 12.0 Å². The number of nitrogens with zero attached hydrogens (tertiary/aromatic N) is 2. The second kappa shape index (κ2) is 8.06. The van der Waals surface area contributed by atoms with E-state index >= 15 is 0 Å². The van der Waals surface area contributed by atoms with E-state index in [9.17, 15) is 9.59 Å². The number of urea groups is 1. The van der Waals surface area contributed by atoms with Gasteiger partial charge in [-0.15, -0.1) is 0 Å². The van der Waals surface area contributed by atoms with Gasteiger partial charge in [-0.25, -0.2) is 9.59 Å². The molecule has 0 spiro atoms. The van der Waals surface area contributed by atoms with Crippen molar-refractivity contribution < 1.29 is 19.4 Å². The van der Waals surface area contributed by atoms with E-state index in [1.165, 1.54) is 12.0 Å². The molecule has 1 aliphatic rings. The van der Waals surface area contributed by atoms with Crippen LogP contribution in [-0.4, -0.2) is 78.9 Å². The Morgan fingerprint density at radius 2 is 2.05 bits per heavy atom. The van der Waals surface area contributed by atoms with Gasteiger partial charge in [-0.3, -0.25) is 0 Å². The minimum atomic E-state index is -0.983. The summed E-state index contributed by atoms with van der Waals surface area (Å²) >= 11 is 0. The van der Waals surface area contributed by atoms with Crippen LogP contribution in [0.3, 0.4) is 0 Å². The molecule has 2 unspecified atom stereocenters. The van der Waals surface area contributed by atoms with Gasteiger partial charge in [-0.1, -0.05) is 13.8 Å². The summed E-state index contributed by atoms with van der Waals surface area (Å²) in [6.07, 6.45) is 0.139. The van der Waals surface area contributed by atoms with Gasteiger partial charge >= 0.3 is 12.0 Å². The van der Waals surface area contributed by atoms with Crippen LogP contribution in [0.5, 0.6) is 0 Å². The summed E-state index contributed by atoms with van der Waals surface area (Å²) in [6, 6.07) is -1.13. The fourth-order valence-corrected chi connectivity index (χ4v) is 2.39. The largest absolute Gasteiger partial charge is 0.480 e. The molecule has 1 fully saturated rings. The summed E-state index contributed by atoms with van der Waals surface area (Å²) in [6.45, 7) is 7.59. The third kappa shape index (κ3) is 4.35. The van der Waals surface area contributed by atoms with Gasteiger partial charge in [0.05, 0.1) is 6.10 Å². The first-order valence-electron chi connectivity index (χ1n) is 7.05. The number of rotatable bonds is 7. The Morgan fingerprint density at radius 3 is 2.55 bits per heavy atom. The molecule has 2 N–H and O–H groups in total. The number of carboxylic acid groups (broad SMARTS) is 1. The van der Waals surface area contributed by atoms with Gasteiger partial charge in [-0.05, 0) is 13.1 Å². The highest BCUT2D eigenvalue weighted by Crippen LogP contribution is 2.20. The third-order valence-corrected chi connectivity index (χ3v) is 3.74. The number of nitrogens with one attached hydrogen (secondary N) is 1. The number of aliphatic carboxylic acids is 1. The topological polar surface area (TPSA) is 82.1 Å². The van der Waals surface area contributed by atoms with Crippen LogP contribution in [0.2, 0.25) is 0 Å². The van der Waals surface area contributed by atoms with E-state index in [2.05, 4.69) is 24.1 Å². The molecule has 1 heterocycles. The molecule has 0 bridgehead atoms. The van der Waals surface area contributed by atoms with Gasteiger partial charge in [0.1, 0.15) is 6.04 Å². The van der Waals surface area contributed by atoms with Crippen LogP contribution in [0.1, 0.15) is 20.3 Å². The van der Waals surface area contributed by atoms with E-state index in [0.717, 1.165) is 19.6 Å². The molecular weight excluding hydrogens is 262 g/mol. The second-order valence-corrected chi connectivity index (χ2v) is 4.86. The van der Waals surface area contributed by atoms with Crippen molar-refractivity contribution >= 4 is 12.0 Å². The first kappa shape index (κ1) is 16.7. The highest BCUT2D eigenvalue weighted by molar-refractivity contribution is 5.83. The fourth-order valence-electron chi connectivity index (χ4n) is 2.39. The number of amides is 2. The van der Waals surface area contributed by atoms with Crippen molar-refractivity contribution in [3.05, 3.63) is 0 Å². The number of likely N-dealkylation sites (N-methyl/N-ethyl adjacent to an activating group) is 1. The van der Waals surface area contributed by atoms with Crippen LogP contribution in [0, 0.1) is 0 Å². The SMILES string of the molecule is CCN(CC)CCNC(=O)N1CC(OC)CC1C(=O)O. The summed E-state index contributed by atoms with van der Waals surface area (Å²) < 4.78 is 5.16. The summed E-state index contributed by atoms with van der Waals surface area (Å²) in [7, 11) is 1.53. The molecule has 0 aromatic heterocycles. The predicted molar refractivity (Wildman–Crippen MR) is 74.7 cm³/mol. The summed E-state index contributed by atoms with van der Waals surface area (Å²) in [5.41, 5.74) is 0. The number of carbonyl (C=O) groups excluding carboxylic acids is 1. The average molecular weight is 287 g/mol. The van der Waals surface area contributed by atoms with Crippen molar-refractivity contribution in [2.45, 2.75) is 32.4 Å². The van der Waals surface area contributed by atoms with Crippen molar-refractivity contribution in [2.24, 2.45) is 0 Å². The lowest BCUT2D eigenvalue weighted by Gasteiger charge is -2.23. The molecule has 0 saturated carbocycles. The number of hydrogen-bond donors (Lipinski definition) is 2. The number of carboxylic acids is 1. The summed E-state index contributed by atoms with van der Waals surface area (Å²) in [5.74, 6) is -0.983. The molecule has 0 aromatic carbocycles. The zero-order chi connectivity index (χ0) is 15.1. The first-order chi connectivity index (χ1) is 9.53. The Hall–Kier alpha value is -1.34. The molecule has 1 rings (SSSR count). The van der Waals surface area contributed by atoms with Crippen LogP contribution in [0.15, 0.2) is 0 Å². The van der Waals surface area contributed by atoms with Crippen LogP contribution in [-0.2, 0) is 9.53 Å². The summed E-state index contributed by atoms with van der Waals surface area (Å²) in [4.78, 5) is 26.8. The lowest BCUT2D eigenvalue weighted by molar-refractivity contribution is -0.141. The smallest absolute Gasteiger partial charge is 0.326 e. The number of likely N-dealkylation sites (tertiary alicyclic amines) is 1. The molecule has 1 saturated heterocycles. The van der Waals surface area contributed by atoms with Crippen molar-refractivity contribution in [3.63, 3.8) is 0 Å². The Balaban J connectivity index is 2.46. The lowest BCUT2D eigenvalue weighted by atomic mass is 10.2. The molecule has 2 amide bonds. The molecule has 7 nitrogen and oxygen atoms in total. The molecular formula is C13H25N3O4. The van der Waals surface area contributed by atoms with Gasteiger partial charge in [0.25, 0.3) is 0 Å². The molecule has 0 aromatic rings. The number of methoxy groups -OCH3 is 1.